The Morgan fingerprint density at radius 3 is 1.30 bits per heavy atom. The molecule has 0 aliphatic heterocycles. The van der Waals surface area contributed by atoms with Crippen LogP contribution in [0.2, 0.25) is 0 Å². The molecule has 0 radical (unpaired) electrons. The normalized spacial score (nSPS) is 10.9. The number of nitrogens with zero attached hydrogens (tertiary/aromatic N) is 2. The van der Waals surface area contributed by atoms with Crippen LogP contribution in [0.25, 0.3) is 0 Å². The SMILES string of the molecule is CN(CCOc1ccc(C(=O)O)cc1)CCN(C)CCOc1ccc(C(=O)O)cc1. The zero-order valence-electron chi connectivity index (χ0n) is 17.3. The third-order valence-corrected chi connectivity index (χ3v) is 4.55. The largest absolute Gasteiger partial charge is 0.492 e. The Balaban J connectivity index is 1.58. The van der Waals surface area contributed by atoms with Crippen LogP contribution in [0, 0.1) is 0 Å². The molecule has 0 saturated heterocycles. The van der Waals surface area contributed by atoms with E-state index < -0.39 is 11.9 Å². The van der Waals surface area contributed by atoms with Crippen molar-refractivity contribution >= 4 is 11.9 Å². The van der Waals surface area contributed by atoms with Gasteiger partial charge in [-0.05, 0) is 62.6 Å². The van der Waals surface area contributed by atoms with Gasteiger partial charge in [0.2, 0.25) is 0 Å². The second kappa shape index (κ2) is 11.8. The molecule has 0 aliphatic rings. The van der Waals surface area contributed by atoms with Crippen LogP contribution in [-0.4, -0.2) is 85.4 Å². The lowest BCUT2D eigenvalue weighted by Crippen LogP contribution is -2.34. The van der Waals surface area contributed by atoms with Gasteiger partial charge in [0.15, 0.2) is 0 Å². The molecule has 0 bridgehead atoms. The second-order valence-electron chi connectivity index (χ2n) is 6.96. The smallest absolute Gasteiger partial charge is 0.335 e. The van der Waals surface area contributed by atoms with Gasteiger partial charge in [-0.3, -0.25) is 0 Å². The minimum absolute atomic E-state index is 0.240. The summed E-state index contributed by atoms with van der Waals surface area (Å²) in [5, 5.41) is 17.8. The number of rotatable bonds is 13. The number of hydrogen-bond acceptors (Lipinski definition) is 6. The van der Waals surface area contributed by atoms with Gasteiger partial charge in [0.1, 0.15) is 24.7 Å². The topological polar surface area (TPSA) is 99.5 Å². The summed E-state index contributed by atoms with van der Waals surface area (Å²) < 4.78 is 11.3. The van der Waals surface area contributed by atoms with Gasteiger partial charge in [-0.2, -0.15) is 0 Å². The molecule has 0 aromatic heterocycles. The Hall–Kier alpha value is -3.10. The summed E-state index contributed by atoms with van der Waals surface area (Å²) in [6.45, 7) is 4.27. The number of ether oxygens (including phenoxy) is 2. The molecule has 0 spiro atoms. The van der Waals surface area contributed by atoms with Crippen molar-refractivity contribution in [3.63, 3.8) is 0 Å². The molecular formula is C22H28N2O6. The van der Waals surface area contributed by atoms with Crippen LogP contribution in [-0.2, 0) is 0 Å². The van der Waals surface area contributed by atoms with E-state index in [4.69, 9.17) is 19.7 Å². The molecule has 2 rings (SSSR count). The summed E-state index contributed by atoms with van der Waals surface area (Å²) in [5.74, 6) is -0.600. The third-order valence-electron chi connectivity index (χ3n) is 4.55. The highest BCUT2D eigenvalue weighted by Crippen LogP contribution is 2.13. The fraction of sp³-hybridized carbons (Fsp3) is 0.364. The summed E-state index contributed by atoms with van der Waals surface area (Å²) in [7, 11) is 4.04. The minimum atomic E-state index is -0.952. The number of benzene rings is 2. The first-order valence-corrected chi connectivity index (χ1v) is 9.64. The lowest BCUT2D eigenvalue weighted by atomic mass is 10.2. The van der Waals surface area contributed by atoms with Gasteiger partial charge in [0, 0.05) is 26.2 Å². The summed E-state index contributed by atoms with van der Waals surface area (Å²) in [5.41, 5.74) is 0.479. The lowest BCUT2D eigenvalue weighted by molar-refractivity contribution is 0.0686. The van der Waals surface area contributed by atoms with Crippen molar-refractivity contribution < 1.29 is 29.3 Å². The maximum Gasteiger partial charge on any atom is 0.335 e. The van der Waals surface area contributed by atoms with Gasteiger partial charge in [0.05, 0.1) is 11.1 Å². The number of carboxylic acid groups (broad SMARTS) is 2. The fourth-order valence-corrected chi connectivity index (χ4v) is 2.59. The van der Waals surface area contributed by atoms with Crippen molar-refractivity contribution in [1.82, 2.24) is 9.80 Å². The van der Waals surface area contributed by atoms with Crippen LogP contribution in [0.4, 0.5) is 0 Å². The van der Waals surface area contributed by atoms with Crippen molar-refractivity contribution in [1.29, 1.82) is 0 Å². The van der Waals surface area contributed by atoms with Gasteiger partial charge in [-0.15, -0.1) is 0 Å². The Bertz CT molecular complexity index is 738. The summed E-state index contributed by atoms with van der Waals surface area (Å²) in [4.78, 5) is 26.0. The zero-order valence-corrected chi connectivity index (χ0v) is 17.3. The average Bonchev–Trinajstić information content (AvgIpc) is 2.73. The van der Waals surface area contributed by atoms with Crippen LogP contribution in [0.15, 0.2) is 48.5 Å². The number of aromatic carboxylic acids is 2. The third kappa shape index (κ3) is 8.10. The lowest BCUT2D eigenvalue weighted by Gasteiger charge is -2.22. The van der Waals surface area contributed by atoms with Crippen molar-refractivity contribution in [2.75, 3.05) is 53.5 Å². The van der Waals surface area contributed by atoms with E-state index >= 15 is 0 Å². The number of carboxylic acids is 2. The molecule has 30 heavy (non-hydrogen) atoms. The molecule has 0 amide bonds. The molecule has 2 N–H and O–H groups in total. The van der Waals surface area contributed by atoms with Crippen LogP contribution < -0.4 is 9.47 Å². The Morgan fingerprint density at radius 1 is 0.667 bits per heavy atom. The van der Waals surface area contributed by atoms with Gasteiger partial charge >= 0.3 is 11.9 Å². The Labute approximate surface area is 176 Å². The van der Waals surface area contributed by atoms with Crippen LogP contribution in [0.5, 0.6) is 11.5 Å². The summed E-state index contributed by atoms with van der Waals surface area (Å²) in [6, 6.07) is 12.7. The molecule has 0 saturated carbocycles. The first-order valence-electron chi connectivity index (χ1n) is 9.64. The standard InChI is InChI=1S/C22H28N2O6/c1-23(13-15-29-19-7-3-17(4-8-19)21(25)26)11-12-24(2)14-16-30-20-9-5-18(6-10-20)22(27)28/h3-10H,11-16H2,1-2H3,(H,25,26)(H,27,28). The first kappa shape index (κ1) is 23.2. The molecule has 8 nitrogen and oxygen atoms in total. The van der Waals surface area contributed by atoms with Crippen LogP contribution in [0.1, 0.15) is 20.7 Å². The molecule has 0 atom stereocenters. The number of hydrogen-bond donors (Lipinski definition) is 2. The van der Waals surface area contributed by atoms with E-state index in [0.717, 1.165) is 26.2 Å². The molecule has 2 aromatic rings. The van der Waals surface area contributed by atoms with Gasteiger partial charge in [-0.25, -0.2) is 9.59 Å². The highest BCUT2D eigenvalue weighted by molar-refractivity contribution is 5.88. The van der Waals surface area contributed by atoms with Gasteiger partial charge in [-0.1, -0.05) is 0 Å². The number of carbonyl (C=O) groups is 2. The molecular weight excluding hydrogens is 388 g/mol. The zero-order chi connectivity index (χ0) is 21.9. The van der Waals surface area contributed by atoms with Gasteiger partial charge in [0.25, 0.3) is 0 Å². The first-order chi connectivity index (χ1) is 14.3. The van der Waals surface area contributed by atoms with E-state index in [0.29, 0.717) is 24.7 Å². The molecule has 0 aliphatic carbocycles. The van der Waals surface area contributed by atoms with E-state index in [1.807, 2.05) is 14.1 Å². The van der Waals surface area contributed by atoms with Crippen molar-refractivity contribution in [3.8, 4) is 11.5 Å². The molecule has 0 unspecified atom stereocenters. The monoisotopic (exact) mass is 416 g/mol. The molecule has 0 heterocycles. The molecule has 162 valence electrons. The molecule has 0 fully saturated rings. The van der Waals surface area contributed by atoms with E-state index in [-0.39, 0.29) is 11.1 Å². The van der Waals surface area contributed by atoms with E-state index in [9.17, 15) is 9.59 Å². The van der Waals surface area contributed by atoms with Crippen molar-refractivity contribution in [3.05, 3.63) is 59.7 Å². The minimum Gasteiger partial charge on any atom is -0.492 e. The van der Waals surface area contributed by atoms with E-state index in [2.05, 4.69) is 9.80 Å². The molecule has 2 aromatic carbocycles. The quantitative estimate of drug-likeness (QED) is 0.514. The summed E-state index contributed by atoms with van der Waals surface area (Å²) in [6.07, 6.45) is 0. The molecule has 8 heteroatoms. The van der Waals surface area contributed by atoms with Gasteiger partial charge < -0.3 is 29.5 Å². The maximum atomic E-state index is 10.8. The highest BCUT2D eigenvalue weighted by Gasteiger charge is 2.06. The van der Waals surface area contributed by atoms with Crippen LogP contribution >= 0.6 is 0 Å². The van der Waals surface area contributed by atoms with E-state index in [1.54, 1.807) is 24.3 Å². The van der Waals surface area contributed by atoms with Crippen molar-refractivity contribution in [2.24, 2.45) is 0 Å². The maximum absolute atomic E-state index is 10.8. The van der Waals surface area contributed by atoms with Crippen molar-refractivity contribution in [2.45, 2.75) is 0 Å². The Morgan fingerprint density at radius 2 is 1.00 bits per heavy atom. The van der Waals surface area contributed by atoms with E-state index in [1.165, 1.54) is 24.3 Å². The van der Waals surface area contributed by atoms with Crippen LogP contribution in [0.3, 0.4) is 0 Å². The highest BCUT2D eigenvalue weighted by atomic mass is 16.5. The fourth-order valence-electron chi connectivity index (χ4n) is 2.59. The predicted octanol–water partition coefficient (Wildman–Crippen LogP) is 2.40. The summed E-state index contributed by atoms with van der Waals surface area (Å²) >= 11 is 0. The Kier molecular flexibility index (Phi) is 9.11. The predicted molar refractivity (Wildman–Crippen MR) is 113 cm³/mol. The second-order valence-corrected chi connectivity index (χ2v) is 6.96. The number of likely N-dealkylation sites (N-methyl/N-ethyl adjacent to an activating group) is 2. The average molecular weight is 416 g/mol.